The van der Waals surface area contributed by atoms with Gasteiger partial charge in [-0.25, -0.2) is 0 Å². The van der Waals surface area contributed by atoms with E-state index in [1.165, 1.54) is 37.5 Å². The molecule has 0 bridgehead atoms. The number of aromatic amines is 1. The van der Waals surface area contributed by atoms with E-state index < -0.39 is 0 Å². The van der Waals surface area contributed by atoms with Crippen molar-refractivity contribution in [3.8, 4) is 0 Å². The zero-order valence-corrected chi connectivity index (χ0v) is 11.1. The smallest absolute Gasteiger partial charge is 0.167 e. The lowest BCUT2D eigenvalue weighted by Gasteiger charge is -2.20. The molecule has 18 heavy (non-hydrogen) atoms. The highest BCUT2D eigenvalue weighted by atomic mass is 32.2. The third kappa shape index (κ3) is 2.19. The highest BCUT2D eigenvalue weighted by molar-refractivity contribution is 8.00. The Kier molecular flexibility index (Phi) is 3.41. The van der Waals surface area contributed by atoms with Crippen LogP contribution in [0, 0.1) is 0 Å². The van der Waals surface area contributed by atoms with Crippen LogP contribution in [-0.4, -0.2) is 16.5 Å². The maximum Gasteiger partial charge on any atom is 0.167 e. The predicted octanol–water partition coefficient (Wildman–Crippen LogP) is 4.41. The summed E-state index contributed by atoms with van der Waals surface area (Å²) in [7, 11) is 0. The van der Waals surface area contributed by atoms with Crippen LogP contribution in [0.1, 0.15) is 42.6 Å². The van der Waals surface area contributed by atoms with Crippen molar-refractivity contribution in [2.75, 3.05) is 0 Å². The number of hydrogen-bond donors (Lipinski definition) is 1. The molecule has 1 heterocycles. The first-order valence-corrected chi connectivity index (χ1v) is 7.49. The van der Waals surface area contributed by atoms with Crippen LogP contribution in [0.2, 0.25) is 0 Å². The van der Waals surface area contributed by atoms with Crippen molar-refractivity contribution in [1.29, 1.82) is 0 Å². The normalized spacial score (nSPS) is 17.1. The number of H-pyrrole nitrogens is 1. The Labute approximate surface area is 111 Å². The van der Waals surface area contributed by atoms with Crippen molar-refractivity contribution in [1.82, 2.24) is 4.98 Å². The first-order chi connectivity index (χ1) is 8.88. The summed E-state index contributed by atoms with van der Waals surface area (Å²) in [5.41, 5.74) is 1.81. The molecular weight excluding hydrogens is 242 g/mol. The molecular formula is C15H17NOS. The first-order valence-electron chi connectivity index (χ1n) is 6.61. The summed E-state index contributed by atoms with van der Waals surface area (Å²) >= 11 is 1.89. The second-order valence-corrected chi connectivity index (χ2v) is 6.22. The van der Waals surface area contributed by atoms with Crippen LogP contribution >= 0.6 is 11.8 Å². The molecule has 1 aliphatic rings. The number of nitrogens with one attached hydrogen (secondary N) is 1. The average molecular weight is 259 g/mol. The van der Waals surface area contributed by atoms with E-state index >= 15 is 0 Å². The number of rotatable bonds is 3. The molecule has 1 saturated carbocycles. The summed E-state index contributed by atoms with van der Waals surface area (Å²) in [6.45, 7) is 0. The molecule has 2 aromatic rings. The number of thioether (sulfide) groups is 1. The van der Waals surface area contributed by atoms with E-state index in [2.05, 4.69) is 11.1 Å². The van der Waals surface area contributed by atoms with Crippen molar-refractivity contribution in [2.24, 2.45) is 0 Å². The molecule has 0 unspecified atom stereocenters. The lowest BCUT2D eigenvalue weighted by molar-refractivity contribution is 0.111. The van der Waals surface area contributed by atoms with Gasteiger partial charge in [0.25, 0.3) is 0 Å². The van der Waals surface area contributed by atoms with Gasteiger partial charge >= 0.3 is 0 Å². The fraction of sp³-hybridized carbons (Fsp3) is 0.400. The molecule has 0 amide bonds. The molecule has 2 nitrogen and oxygen atoms in total. The average Bonchev–Trinajstić information content (AvgIpc) is 2.78. The largest absolute Gasteiger partial charge is 0.351 e. The highest BCUT2D eigenvalue weighted by Crippen LogP contribution is 2.38. The summed E-state index contributed by atoms with van der Waals surface area (Å²) < 4.78 is 0. The zero-order chi connectivity index (χ0) is 12.4. The minimum Gasteiger partial charge on any atom is -0.351 e. The Morgan fingerprint density at radius 2 is 1.94 bits per heavy atom. The van der Waals surface area contributed by atoms with E-state index in [-0.39, 0.29) is 0 Å². The molecule has 3 heteroatoms. The number of aromatic nitrogens is 1. The first kappa shape index (κ1) is 11.8. The van der Waals surface area contributed by atoms with Crippen LogP contribution in [0.4, 0.5) is 0 Å². The highest BCUT2D eigenvalue weighted by Gasteiger charge is 2.19. The van der Waals surface area contributed by atoms with Gasteiger partial charge in [0.05, 0.1) is 5.69 Å². The van der Waals surface area contributed by atoms with Crippen LogP contribution in [-0.2, 0) is 0 Å². The van der Waals surface area contributed by atoms with E-state index in [4.69, 9.17) is 0 Å². The Morgan fingerprint density at radius 3 is 2.72 bits per heavy atom. The molecule has 1 fully saturated rings. The third-order valence-corrected chi connectivity index (χ3v) is 5.12. The minimum atomic E-state index is 0.677. The summed E-state index contributed by atoms with van der Waals surface area (Å²) in [5, 5.41) is 1.87. The molecule has 1 aromatic carbocycles. The monoisotopic (exact) mass is 259 g/mol. The number of carbonyl (C=O) groups excluding carboxylic acids is 1. The van der Waals surface area contributed by atoms with Crippen molar-refractivity contribution in [3.05, 3.63) is 30.0 Å². The van der Waals surface area contributed by atoms with E-state index in [0.717, 1.165) is 22.4 Å². The molecule has 1 N–H and O–H groups in total. The SMILES string of the molecule is O=Cc1[nH]c2ccccc2c1SC1CCCCC1. The van der Waals surface area contributed by atoms with Gasteiger partial charge < -0.3 is 4.98 Å². The van der Waals surface area contributed by atoms with Gasteiger partial charge in [-0.3, -0.25) is 4.79 Å². The quantitative estimate of drug-likeness (QED) is 0.828. The standard InChI is InChI=1S/C15H17NOS/c17-10-14-15(18-11-6-2-1-3-7-11)12-8-4-5-9-13(12)16-14/h4-5,8-11,16H,1-3,6-7H2. The van der Waals surface area contributed by atoms with Crippen LogP contribution in [0.3, 0.4) is 0 Å². The van der Waals surface area contributed by atoms with Gasteiger partial charge in [-0.1, -0.05) is 37.5 Å². The fourth-order valence-electron chi connectivity index (χ4n) is 2.70. The maximum atomic E-state index is 11.2. The number of para-hydroxylation sites is 1. The molecule has 1 aliphatic carbocycles. The number of carbonyl (C=O) groups is 1. The topological polar surface area (TPSA) is 32.9 Å². The molecule has 0 saturated heterocycles. The minimum absolute atomic E-state index is 0.677. The number of aldehydes is 1. The molecule has 0 atom stereocenters. The zero-order valence-electron chi connectivity index (χ0n) is 10.3. The van der Waals surface area contributed by atoms with Gasteiger partial charge in [-0.2, -0.15) is 0 Å². The second-order valence-electron chi connectivity index (χ2n) is 4.91. The fourth-order valence-corrected chi connectivity index (χ4v) is 4.13. The number of fused-ring (bicyclic) bond motifs is 1. The molecule has 0 aliphatic heterocycles. The third-order valence-electron chi connectivity index (χ3n) is 3.64. The van der Waals surface area contributed by atoms with E-state index in [1.807, 2.05) is 30.0 Å². The Bertz CT molecular complexity index is 555. The van der Waals surface area contributed by atoms with Crippen molar-refractivity contribution < 1.29 is 4.79 Å². The Balaban J connectivity index is 1.95. The van der Waals surface area contributed by atoms with E-state index in [9.17, 15) is 4.79 Å². The van der Waals surface area contributed by atoms with Gasteiger partial charge in [0.15, 0.2) is 6.29 Å². The summed E-state index contributed by atoms with van der Waals surface area (Å²) in [5.74, 6) is 0. The van der Waals surface area contributed by atoms with Gasteiger partial charge in [0, 0.05) is 21.0 Å². The molecule has 3 rings (SSSR count). The van der Waals surface area contributed by atoms with Gasteiger partial charge in [0.1, 0.15) is 0 Å². The lowest BCUT2D eigenvalue weighted by Crippen LogP contribution is -2.07. The second kappa shape index (κ2) is 5.19. The van der Waals surface area contributed by atoms with Gasteiger partial charge in [0.2, 0.25) is 0 Å². The van der Waals surface area contributed by atoms with Crippen LogP contribution < -0.4 is 0 Å². The molecule has 0 radical (unpaired) electrons. The van der Waals surface area contributed by atoms with E-state index in [0.29, 0.717) is 5.25 Å². The number of benzene rings is 1. The Hall–Kier alpha value is -1.22. The van der Waals surface area contributed by atoms with Gasteiger partial charge in [-0.15, -0.1) is 11.8 Å². The van der Waals surface area contributed by atoms with Crippen molar-refractivity contribution >= 4 is 29.0 Å². The van der Waals surface area contributed by atoms with Crippen molar-refractivity contribution in [2.45, 2.75) is 42.2 Å². The molecule has 94 valence electrons. The molecule has 1 aromatic heterocycles. The summed E-state index contributed by atoms with van der Waals surface area (Å²) in [6, 6.07) is 8.18. The van der Waals surface area contributed by atoms with Crippen LogP contribution in [0.15, 0.2) is 29.2 Å². The Morgan fingerprint density at radius 1 is 1.17 bits per heavy atom. The summed E-state index contributed by atoms with van der Waals surface area (Å²) in [4.78, 5) is 15.6. The van der Waals surface area contributed by atoms with Crippen molar-refractivity contribution in [3.63, 3.8) is 0 Å². The van der Waals surface area contributed by atoms with Crippen LogP contribution in [0.25, 0.3) is 10.9 Å². The number of hydrogen-bond acceptors (Lipinski definition) is 2. The predicted molar refractivity (Wildman–Crippen MR) is 76.4 cm³/mol. The summed E-state index contributed by atoms with van der Waals surface area (Å²) in [6.07, 6.45) is 7.54. The van der Waals surface area contributed by atoms with Crippen LogP contribution in [0.5, 0.6) is 0 Å². The maximum absolute atomic E-state index is 11.2. The lowest BCUT2D eigenvalue weighted by atomic mass is 10.0. The van der Waals surface area contributed by atoms with E-state index in [1.54, 1.807) is 0 Å². The molecule has 0 spiro atoms. The van der Waals surface area contributed by atoms with Gasteiger partial charge in [-0.05, 0) is 18.9 Å².